The summed E-state index contributed by atoms with van der Waals surface area (Å²) in [4.78, 5) is 0. The fourth-order valence-corrected chi connectivity index (χ4v) is 1.70. The minimum absolute atomic E-state index is 0.0633. The maximum absolute atomic E-state index is 12.5. The molecule has 17 heavy (non-hydrogen) atoms. The van der Waals surface area contributed by atoms with Crippen molar-refractivity contribution in [3.05, 3.63) is 46.7 Å². The van der Waals surface area contributed by atoms with Gasteiger partial charge in [0, 0.05) is 6.07 Å². The van der Waals surface area contributed by atoms with E-state index in [0.717, 1.165) is 16.3 Å². The zero-order valence-corrected chi connectivity index (χ0v) is 9.55. The molecule has 2 rings (SSSR count). The normalized spacial score (nSPS) is 11.8. The van der Waals surface area contributed by atoms with Crippen LogP contribution in [0.4, 0.5) is 13.2 Å². The van der Waals surface area contributed by atoms with Crippen molar-refractivity contribution in [3.8, 4) is 5.69 Å². The Morgan fingerprint density at radius 1 is 1.24 bits per heavy atom. The van der Waals surface area contributed by atoms with Crippen molar-refractivity contribution in [2.45, 2.75) is 13.1 Å². The summed E-state index contributed by atoms with van der Waals surface area (Å²) in [5.74, 6) is 0. The maximum Gasteiger partial charge on any atom is 0.435 e. The van der Waals surface area contributed by atoms with Crippen LogP contribution in [-0.4, -0.2) is 9.78 Å². The maximum atomic E-state index is 12.5. The number of benzene rings is 1. The van der Waals surface area contributed by atoms with Crippen LogP contribution in [-0.2, 0) is 6.18 Å². The lowest BCUT2D eigenvalue weighted by molar-refractivity contribution is -0.141. The SMILES string of the molecule is Cc1ccccc1-n1nc(C(F)(F)F)cc1Cl. The molecule has 0 aliphatic rings. The first-order chi connectivity index (χ1) is 7.89. The van der Waals surface area contributed by atoms with Crippen molar-refractivity contribution >= 4 is 11.6 Å². The Bertz CT molecular complexity index is 546. The molecular weight excluding hydrogens is 253 g/mol. The zero-order chi connectivity index (χ0) is 12.6. The van der Waals surface area contributed by atoms with E-state index < -0.39 is 11.9 Å². The monoisotopic (exact) mass is 260 g/mol. The summed E-state index contributed by atoms with van der Waals surface area (Å²) in [6.45, 7) is 1.78. The van der Waals surface area contributed by atoms with E-state index in [4.69, 9.17) is 11.6 Å². The van der Waals surface area contributed by atoms with Gasteiger partial charge in [0.25, 0.3) is 0 Å². The molecule has 1 aromatic heterocycles. The Labute approximate surface area is 101 Å². The van der Waals surface area contributed by atoms with E-state index in [2.05, 4.69) is 5.10 Å². The summed E-state index contributed by atoms with van der Waals surface area (Å²) in [6, 6.07) is 7.76. The molecule has 0 fully saturated rings. The summed E-state index contributed by atoms with van der Waals surface area (Å²) in [7, 11) is 0. The van der Waals surface area contributed by atoms with E-state index in [0.29, 0.717) is 5.69 Å². The number of halogens is 4. The Morgan fingerprint density at radius 3 is 2.41 bits per heavy atom. The second-order valence-electron chi connectivity index (χ2n) is 3.55. The molecule has 0 bridgehead atoms. The Hall–Kier alpha value is -1.49. The summed E-state index contributed by atoms with van der Waals surface area (Å²) in [5, 5.41) is 3.41. The van der Waals surface area contributed by atoms with Gasteiger partial charge in [0.15, 0.2) is 5.69 Å². The lowest BCUT2D eigenvalue weighted by Crippen LogP contribution is -2.07. The first-order valence-corrected chi connectivity index (χ1v) is 5.16. The van der Waals surface area contributed by atoms with E-state index in [1.54, 1.807) is 31.2 Å². The van der Waals surface area contributed by atoms with Crippen LogP contribution in [0.3, 0.4) is 0 Å². The fraction of sp³-hybridized carbons (Fsp3) is 0.182. The number of nitrogens with zero attached hydrogens (tertiary/aromatic N) is 2. The van der Waals surface area contributed by atoms with Crippen LogP contribution >= 0.6 is 11.6 Å². The highest BCUT2D eigenvalue weighted by molar-refractivity contribution is 6.29. The number of para-hydroxylation sites is 1. The number of aromatic nitrogens is 2. The number of aryl methyl sites for hydroxylation is 1. The summed E-state index contributed by atoms with van der Waals surface area (Å²) in [6.07, 6.45) is -4.49. The molecule has 6 heteroatoms. The van der Waals surface area contributed by atoms with Crippen molar-refractivity contribution in [2.24, 2.45) is 0 Å². The number of hydrogen-bond donors (Lipinski definition) is 0. The van der Waals surface area contributed by atoms with E-state index in [1.165, 1.54) is 0 Å². The van der Waals surface area contributed by atoms with Gasteiger partial charge in [0.1, 0.15) is 5.15 Å². The average molecular weight is 261 g/mol. The molecule has 0 radical (unpaired) electrons. The van der Waals surface area contributed by atoms with Gasteiger partial charge < -0.3 is 0 Å². The molecule has 0 atom stereocenters. The molecule has 2 aromatic rings. The Balaban J connectivity index is 2.55. The van der Waals surface area contributed by atoms with Crippen LogP contribution in [0.25, 0.3) is 5.69 Å². The Morgan fingerprint density at radius 2 is 1.88 bits per heavy atom. The molecule has 0 aliphatic carbocycles. The first-order valence-electron chi connectivity index (χ1n) is 4.78. The number of hydrogen-bond acceptors (Lipinski definition) is 1. The van der Waals surface area contributed by atoms with Crippen LogP contribution in [0, 0.1) is 6.92 Å². The molecule has 2 nitrogen and oxygen atoms in total. The third-order valence-electron chi connectivity index (χ3n) is 2.30. The summed E-state index contributed by atoms with van der Waals surface area (Å²) in [5.41, 5.74) is 0.338. The molecule has 1 heterocycles. The van der Waals surface area contributed by atoms with Crippen LogP contribution in [0.1, 0.15) is 11.3 Å². The van der Waals surface area contributed by atoms with Crippen LogP contribution in [0.15, 0.2) is 30.3 Å². The smallest absolute Gasteiger partial charge is 0.221 e. The van der Waals surface area contributed by atoms with Gasteiger partial charge in [0.2, 0.25) is 0 Å². The third-order valence-corrected chi connectivity index (χ3v) is 2.57. The predicted octanol–water partition coefficient (Wildman–Crippen LogP) is 3.85. The second-order valence-corrected chi connectivity index (χ2v) is 3.94. The minimum Gasteiger partial charge on any atom is -0.221 e. The lowest BCUT2D eigenvalue weighted by atomic mass is 10.2. The van der Waals surface area contributed by atoms with Crippen LogP contribution < -0.4 is 0 Å². The second kappa shape index (κ2) is 4.07. The molecule has 90 valence electrons. The molecule has 0 amide bonds. The molecule has 0 unspecified atom stereocenters. The molecule has 0 saturated carbocycles. The molecule has 0 N–H and O–H groups in total. The summed E-state index contributed by atoms with van der Waals surface area (Å²) < 4.78 is 38.5. The van der Waals surface area contributed by atoms with Gasteiger partial charge in [-0.15, -0.1) is 0 Å². The predicted molar refractivity (Wildman–Crippen MR) is 58.3 cm³/mol. The third kappa shape index (κ3) is 2.29. The zero-order valence-electron chi connectivity index (χ0n) is 8.79. The minimum atomic E-state index is -4.49. The average Bonchev–Trinajstić information content (AvgIpc) is 2.61. The highest BCUT2D eigenvalue weighted by Gasteiger charge is 2.35. The van der Waals surface area contributed by atoms with Crippen molar-refractivity contribution < 1.29 is 13.2 Å². The van der Waals surface area contributed by atoms with Gasteiger partial charge in [-0.2, -0.15) is 18.3 Å². The van der Waals surface area contributed by atoms with Gasteiger partial charge in [0.05, 0.1) is 5.69 Å². The topological polar surface area (TPSA) is 17.8 Å². The number of alkyl halides is 3. The molecule has 0 saturated heterocycles. The van der Waals surface area contributed by atoms with E-state index in [9.17, 15) is 13.2 Å². The van der Waals surface area contributed by atoms with Gasteiger partial charge in [-0.25, -0.2) is 4.68 Å². The van der Waals surface area contributed by atoms with Crippen molar-refractivity contribution in [3.63, 3.8) is 0 Å². The van der Waals surface area contributed by atoms with E-state index >= 15 is 0 Å². The van der Waals surface area contributed by atoms with Gasteiger partial charge in [-0.1, -0.05) is 29.8 Å². The van der Waals surface area contributed by atoms with Crippen molar-refractivity contribution in [1.29, 1.82) is 0 Å². The fourth-order valence-electron chi connectivity index (χ4n) is 1.47. The molecular formula is C11H8ClF3N2. The highest BCUT2D eigenvalue weighted by atomic mass is 35.5. The van der Waals surface area contributed by atoms with Gasteiger partial charge in [-0.3, -0.25) is 0 Å². The van der Waals surface area contributed by atoms with E-state index in [1.807, 2.05) is 0 Å². The van der Waals surface area contributed by atoms with Crippen LogP contribution in [0.2, 0.25) is 5.15 Å². The lowest BCUT2D eigenvalue weighted by Gasteiger charge is -2.06. The van der Waals surface area contributed by atoms with Crippen LogP contribution in [0.5, 0.6) is 0 Å². The highest BCUT2D eigenvalue weighted by Crippen LogP contribution is 2.31. The van der Waals surface area contributed by atoms with Crippen molar-refractivity contribution in [1.82, 2.24) is 9.78 Å². The summed E-state index contributed by atoms with van der Waals surface area (Å²) >= 11 is 5.76. The molecule has 1 aromatic carbocycles. The van der Waals surface area contributed by atoms with Gasteiger partial charge >= 0.3 is 6.18 Å². The molecule has 0 aliphatic heterocycles. The number of rotatable bonds is 1. The Kier molecular flexibility index (Phi) is 2.87. The molecule has 0 spiro atoms. The first kappa shape index (κ1) is 12.0. The standard InChI is InChI=1S/C11H8ClF3N2/c1-7-4-2-3-5-8(7)17-10(12)6-9(16-17)11(13,14)15/h2-6H,1H3. The van der Waals surface area contributed by atoms with Crippen molar-refractivity contribution in [2.75, 3.05) is 0 Å². The largest absolute Gasteiger partial charge is 0.435 e. The van der Waals surface area contributed by atoms with E-state index in [-0.39, 0.29) is 5.15 Å². The quantitative estimate of drug-likeness (QED) is 0.761. The van der Waals surface area contributed by atoms with Gasteiger partial charge in [-0.05, 0) is 18.6 Å².